The highest BCUT2D eigenvalue weighted by atomic mass is 35.5. The molecule has 1 aliphatic rings. The van der Waals surface area contributed by atoms with Crippen molar-refractivity contribution in [2.45, 2.75) is 18.9 Å². The Morgan fingerprint density at radius 1 is 1.36 bits per heavy atom. The Hall–Kier alpha value is -1.37. The molecule has 1 aliphatic heterocycles. The SMILES string of the molecule is Cl.NC(C(=O)NCCOc1ccc(F)cc1)C1CCOCC1. The first-order valence-electron chi connectivity index (χ1n) is 7.16. The van der Waals surface area contributed by atoms with E-state index in [0.29, 0.717) is 32.1 Å². The van der Waals surface area contributed by atoms with Gasteiger partial charge in [0.05, 0.1) is 12.6 Å². The van der Waals surface area contributed by atoms with Gasteiger partial charge in [0.25, 0.3) is 0 Å². The topological polar surface area (TPSA) is 73.6 Å². The molecular formula is C15H22ClFN2O3. The smallest absolute Gasteiger partial charge is 0.237 e. The minimum atomic E-state index is -0.500. The highest BCUT2D eigenvalue weighted by molar-refractivity contribution is 5.85. The van der Waals surface area contributed by atoms with Crippen LogP contribution in [0.25, 0.3) is 0 Å². The summed E-state index contributed by atoms with van der Waals surface area (Å²) in [5.74, 6) is 0.277. The van der Waals surface area contributed by atoms with Crippen LogP contribution >= 0.6 is 12.4 Å². The van der Waals surface area contributed by atoms with E-state index in [2.05, 4.69) is 5.32 Å². The quantitative estimate of drug-likeness (QED) is 0.774. The molecule has 1 saturated heterocycles. The number of hydrogen-bond acceptors (Lipinski definition) is 4. The Balaban J connectivity index is 0.00000242. The van der Waals surface area contributed by atoms with Crippen molar-refractivity contribution in [3.63, 3.8) is 0 Å². The normalized spacial score (nSPS) is 16.5. The average Bonchev–Trinajstić information content (AvgIpc) is 2.53. The largest absolute Gasteiger partial charge is 0.492 e. The van der Waals surface area contributed by atoms with Crippen molar-refractivity contribution in [1.29, 1.82) is 0 Å². The first-order valence-corrected chi connectivity index (χ1v) is 7.16. The van der Waals surface area contributed by atoms with Crippen LogP contribution in [0.3, 0.4) is 0 Å². The molecule has 1 atom stereocenters. The van der Waals surface area contributed by atoms with E-state index in [0.717, 1.165) is 12.8 Å². The first-order chi connectivity index (χ1) is 10.2. The third kappa shape index (κ3) is 5.79. The third-order valence-electron chi connectivity index (χ3n) is 3.56. The lowest BCUT2D eigenvalue weighted by Gasteiger charge is -2.26. The molecule has 0 saturated carbocycles. The molecule has 3 N–H and O–H groups in total. The molecule has 1 unspecified atom stereocenters. The highest BCUT2D eigenvalue weighted by Gasteiger charge is 2.26. The summed E-state index contributed by atoms with van der Waals surface area (Å²) in [4.78, 5) is 11.9. The zero-order chi connectivity index (χ0) is 15.1. The fourth-order valence-electron chi connectivity index (χ4n) is 2.28. The number of nitrogens with two attached hydrogens (primary N) is 1. The van der Waals surface area contributed by atoms with E-state index >= 15 is 0 Å². The zero-order valence-electron chi connectivity index (χ0n) is 12.3. The van der Waals surface area contributed by atoms with E-state index < -0.39 is 6.04 Å². The molecule has 7 heteroatoms. The molecule has 0 aromatic heterocycles. The number of carbonyl (C=O) groups excluding carboxylic acids is 1. The van der Waals surface area contributed by atoms with Crippen LogP contribution in [0.5, 0.6) is 5.75 Å². The van der Waals surface area contributed by atoms with Gasteiger partial charge in [0.2, 0.25) is 5.91 Å². The molecule has 1 heterocycles. The monoisotopic (exact) mass is 332 g/mol. The van der Waals surface area contributed by atoms with Gasteiger partial charge >= 0.3 is 0 Å². The lowest BCUT2D eigenvalue weighted by atomic mass is 9.92. The van der Waals surface area contributed by atoms with Crippen LogP contribution in [0.2, 0.25) is 0 Å². The Labute approximate surface area is 135 Å². The molecular weight excluding hydrogens is 311 g/mol. The molecule has 22 heavy (non-hydrogen) atoms. The van der Waals surface area contributed by atoms with Gasteiger partial charge in [-0.05, 0) is 43.0 Å². The maximum absolute atomic E-state index is 12.7. The summed E-state index contributed by atoms with van der Waals surface area (Å²) < 4.78 is 23.4. The number of benzene rings is 1. The van der Waals surface area contributed by atoms with Crippen molar-refractivity contribution >= 4 is 18.3 Å². The molecule has 1 aromatic carbocycles. The van der Waals surface area contributed by atoms with Crippen LogP contribution in [-0.4, -0.2) is 38.3 Å². The average molecular weight is 333 g/mol. The number of ether oxygens (including phenoxy) is 2. The molecule has 124 valence electrons. The predicted molar refractivity (Wildman–Crippen MR) is 83.7 cm³/mol. The molecule has 1 amide bonds. The van der Waals surface area contributed by atoms with Gasteiger partial charge in [0, 0.05) is 13.2 Å². The van der Waals surface area contributed by atoms with E-state index in [-0.39, 0.29) is 30.0 Å². The number of rotatable bonds is 6. The standard InChI is InChI=1S/C15H21FN2O3.ClH/c16-12-1-3-13(4-2-12)21-10-7-18-15(19)14(17)11-5-8-20-9-6-11;/h1-4,11,14H,5-10,17H2,(H,18,19);1H. The van der Waals surface area contributed by atoms with E-state index in [1.807, 2.05) is 0 Å². The van der Waals surface area contributed by atoms with Gasteiger partial charge in [-0.25, -0.2) is 4.39 Å². The Kier molecular flexibility index (Phi) is 8.16. The Bertz CT molecular complexity index is 453. The summed E-state index contributed by atoms with van der Waals surface area (Å²) in [7, 11) is 0. The van der Waals surface area contributed by atoms with Gasteiger partial charge in [0.1, 0.15) is 18.2 Å². The highest BCUT2D eigenvalue weighted by Crippen LogP contribution is 2.17. The summed E-state index contributed by atoms with van der Waals surface area (Å²) in [5.41, 5.74) is 5.95. The molecule has 5 nitrogen and oxygen atoms in total. The molecule has 1 aromatic rings. The van der Waals surface area contributed by atoms with Gasteiger partial charge in [-0.1, -0.05) is 0 Å². The lowest BCUT2D eigenvalue weighted by molar-refractivity contribution is -0.124. The minimum absolute atomic E-state index is 0. The van der Waals surface area contributed by atoms with Gasteiger partial charge in [-0.3, -0.25) is 4.79 Å². The van der Waals surface area contributed by atoms with Gasteiger partial charge < -0.3 is 20.5 Å². The van der Waals surface area contributed by atoms with Crippen molar-refractivity contribution in [1.82, 2.24) is 5.32 Å². The summed E-state index contributed by atoms with van der Waals surface area (Å²) in [5, 5.41) is 2.76. The van der Waals surface area contributed by atoms with Crippen molar-refractivity contribution in [2.75, 3.05) is 26.4 Å². The lowest BCUT2D eigenvalue weighted by Crippen LogP contribution is -2.47. The van der Waals surface area contributed by atoms with Crippen LogP contribution in [0.4, 0.5) is 4.39 Å². The number of halogens is 2. The first kappa shape index (κ1) is 18.7. The fraction of sp³-hybridized carbons (Fsp3) is 0.533. The third-order valence-corrected chi connectivity index (χ3v) is 3.56. The molecule has 0 bridgehead atoms. The van der Waals surface area contributed by atoms with Gasteiger partial charge in [-0.15, -0.1) is 12.4 Å². The van der Waals surface area contributed by atoms with E-state index in [1.54, 1.807) is 12.1 Å². The summed E-state index contributed by atoms with van der Waals surface area (Å²) >= 11 is 0. The second kappa shape index (κ2) is 9.61. The summed E-state index contributed by atoms with van der Waals surface area (Å²) in [6.45, 7) is 2.02. The Morgan fingerprint density at radius 2 is 2.00 bits per heavy atom. The van der Waals surface area contributed by atoms with Crippen molar-refractivity contribution in [2.24, 2.45) is 11.7 Å². The molecule has 2 rings (SSSR count). The number of hydrogen-bond donors (Lipinski definition) is 2. The number of carbonyl (C=O) groups is 1. The van der Waals surface area contributed by atoms with Crippen LogP contribution < -0.4 is 15.8 Å². The second-order valence-electron chi connectivity index (χ2n) is 5.07. The molecule has 0 radical (unpaired) electrons. The van der Waals surface area contributed by atoms with Crippen LogP contribution in [0, 0.1) is 11.7 Å². The van der Waals surface area contributed by atoms with E-state index in [1.165, 1.54) is 12.1 Å². The number of amides is 1. The van der Waals surface area contributed by atoms with E-state index in [9.17, 15) is 9.18 Å². The number of nitrogens with one attached hydrogen (secondary N) is 1. The van der Waals surface area contributed by atoms with Crippen LogP contribution in [-0.2, 0) is 9.53 Å². The van der Waals surface area contributed by atoms with Crippen LogP contribution in [0.1, 0.15) is 12.8 Å². The molecule has 0 aliphatic carbocycles. The molecule has 1 fully saturated rings. The van der Waals surface area contributed by atoms with Crippen molar-refractivity contribution in [3.8, 4) is 5.75 Å². The van der Waals surface area contributed by atoms with Crippen molar-refractivity contribution in [3.05, 3.63) is 30.1 Å². The Morgan fingerprint density at radius 3 is 2.64 bits per heavy atom. The zero-order valence-corrected chi connectivity index (χ0v) is 13.1. The van der Waals surface area contributed by atoms with Gasteiger partial charge in [-0.2, -0.15) is 0 Å². The summed E-state index contributed by atoms with van der Waals surface area (Å²) in [6.07, 6.45) is 1.64. The van der Waals surface area contributed by atoms with Crippen molar-refractivity contribution < 1.29 is 18.7 Å². The van der Waals surface area contributed by atoms with Gasteiger partial charge in [0.15, 0.2) is 0 Å². The fourth-order valence-corrected chi connectivity index (χ4v) is 2.28. The molecule has 0 spiro atoms. The predicted octanol–water partition coefficient (Wildman–Crippen LogP) is 1.50. The maximum atomic E-state index is 12.7. The minimum Gasteiger partial charge on any atom is -0.492 e. The van der Waals surface area contributed by atoms with E-state index in [4.69, 9.17) is 15.2 Å². The second-order valence-corrected chi connectivity index (χ2v) is 5.07. The maximum Gasteiger partial charge on any atom is 0.237 e. The summed E-state index contributed by atoms with van der Waals surface area (Å²) in [6, 6.07) is 5.25. The van der Waals surface area contributed by atoms with Crippen LogP contribution in [0.15, 0.2) is 24.3 Å².